The van der Waals surface area contributed by atoms with Crippen LogP contribution in [-0.2, 0) is 26.2 Å². The molecule has 10 heteroatoms. The number of nitrogens with one attached hydrogen (secondary N) is 1. The molecular formula is C34H36FN3O5S. The van der Waals surface area contributed by atoms with Crippen LogP contribution in [0.1, 0.15) is 32.8 Å². The van der Waals surface area contributed by atoms with Gasteiger partial charge in [-0.25, -0.2) is 12.8 Å². The van der Waals surface area contributed by atoms with Crippen LogP contribution in [0.15, 0.2) is 114 Å². The van der Waals surface area contributed by atoms with Crippen molar-refractivity contribution >= 4 is 27.5 Å². The number of carbonyl (C=O) groups excluding carboxylic acids is 2. The van der Waals surface area contributed by atoms with Gasteiger partial charge in [0.1, 0.15) is 29.9 Å². The smallest absolute Gasteiger partial charge is 0.264 e. The number of rotatable bonds is 13. The second-order valence-corrected chi connectivity index (χ2v) is 12.2. The van der Waals surface area contributed by atoms with Gasteiger partial charge in [-0.15, -0.1) is 0 Å². The van der Waals surface area contributed by atoms with Crippen LogP contribution in [0.4, 0.5) is 10.1 Å². The average molecular weight is 618 g/mol. The molecule has 0 saturated heterocycles. The Morgan fingerprint density at radius 1 is 0.818 bits per heavy atom. The molecule has 2 unspecified atom stereocenters. The predicted octanol–water partition coefficient (Wildman–Crippen LogP) is 6.15. The summed E-state index contributed by atoms with van der Waals surface area (Å²) in [4.78, 5) is 28.4. The summed E-state index contributed by atoms with van der Waals surface area (Å²) in [6, 6.07) is 28.0. The van der Waals surface area contributed by atoms with Crippen molar-refractivity contribution in [2.24, 2.45) is 0 Å². The fraction of sp³-hybridized carbons (Fsp3) is 0.235. The maximum Gasteiger partial charge on any atom is 0.264 e. The number of ether oxygens (including phenoxy) is 1. The lowest BCUT2D eigenvalue weighted by atomic mass is 10.1. The summed E-state index contributed by atoms with van der Waals surface area (Å²) >= 11 is 0. The number of sulfonamides is 1. The van der Waals surface area contributed by atoms with E-state index in [9.17, 15) is 22.4 Å². The number of para-hydroxylation sites is 1. The highest BCUT2D eigenvalue weighted by Crippen LogP contribution is 2.28. The van der Waals surface area contributed by atoms with Crippen LogP contribution in [0.2, 0.25) is 0 Å². The fourth-order valence-electron chi connectivity index (χ4n) is 4.41. The molecule has 0 spiro atoms. The normalized spacial score (nSPS) is 12.5. The molecule has 0 heterocycles. The number of hydrogen-bond acceptors (Lipinski definition) is 5. The van der Waals surface area contributed by atoms with Crippen LogP contribution < -0.4 is 14.4 Å². The zero-order valence-electron chi connectivity index (χ0n) is 24.9. The van der Waals surface area contributed by atoms with E-state index in [1.54, 1.807) is 67.6 Å². The SMILES string of the molecule is CCC(C)NC(=O)C(C)N(Cc1ccccc1F)C(=O)CN(c1ccc(Oc2ccccc2)cc1)S(=O)(=O)c1ccccc1. The minimum absolute atomic E-state index is 0.0133. The van der Waals surface area contributed by atoms with Crippen LogP contribution in [0.5, 0.6) is 11.5 Å². The Kier molecular flexibility index (Phi) is 10.7. The van der Waals surface area contributed by atoms with Gasteiger partial charge in [0.25, 0.3) is 10.0 Å². The van der Waals surface area contributed by atoms with Gasteiger partial charge in [-0.05, 0) is 74.9 Å². The largest absolute Gasteiger partial charge is 0.457 e. The molecule has 0 aliphatic heterocycles. The highest BCUT2D eigenvalue weighted by molar-refractivity contribution is 7.92. The molecule has 0 radical (unpaired) electrons. The molecular weight excluding hydrogens is 581 g/mol. The lowest BCUT2D eigenvalue weighted by molar-refractivity contribution is -0.139. The first-order valence-electron chi connectivity index (χ1n) is 14.3. The molecule has 4 aromatic rings. The molecule has 0 aliphatic carbocycles. The van der Waals surface area contributed by atoms with Crippen molar-refractivity contribution in [3.8, 4) is 11.5 Å². The van der Waals surface area contributed by atoms with Gasteiger partial charge >= 0.3 is 0 Å². The van der Waals surface area contributed by atoms with E-state index in [0.717, 1.165) is 4.31 Å². The molecule has 0 fully saturated rings. The van der Waals surface area contributed by atoms with E-state index in [-0.39, 0.29) is 28.7 Å². The van der Waals surface area contributed by atoms with Crippen molar-refractivity contribution in [1.82, 2.24) is 10.2 Å². The Hall–Kier alpha value is -4.70. The Morgan fingerprint density at radius 2 is 1.39 bits per heavy atom. The molecule has 4 aromatic carbocycles. The minimum Gasteiger partial charge on any atom is -0.457 e. The molecule has 0 aromatic heterocycles. The quantitative estimate of drug-likeness (QED) is 0.194. The zero-order chi connectivity index (χ0) is 31.7. The van der Waals surface area contributed by atoms with E-state index < -0.39 is 40.2 Å². The maximum absolute atomic E-state index is 14.7. The Bertz CT molecular complexity index is 1650. The highest BCUT2D eigenvalue weighted by atomic mass is 32.2. The van der Waals surface area contributed by atoms with E-state index in [4.69, 9.17) is 4.74 Å². The number of amides is 2. The number of nitrogens with zero attached hydrogens (tertiary/aromatic N) is 2. The lowest BCUT2D eigenvalue weighted by Gasteiger charge is -2.32. The van der Waals surface area contributed by atoms with Gasteiger partial charge < -0.3 is 15.0 Å². The molecule has 2 amide bonds. The first kappa shape index (κ1) is 32.2. The van der Waals surface area contributed by atoms with Crippen LogP contribution in [-0.4, -0.2) is 43.8 Å². The first-order valence-corrected chi connectivity index (χ1v) is 15.8. The van der Waals surface area contributed by atoms with Crippen LogP contribution in [0.3, 0.4) is 0 Å². The standard InChI is InChI=1S/C34H36FN3O5S/c1-4-25(2)36-34(40)26(3)37(23-27-13-11-12-18-32(27)35)33(39)24-38(44(41,42)31-16-9-6-10-17-31)28-19-21-30(22-20-28)43-29-14-7-5-8-15-29/h5-22,25-26H,4,23-24H2,1-3H3,(H,36,40). The molecule has 0 saturated carbocycles. The third kappa shape index (κ3) is 8.02. The monoisotopic (exact) mass is 617 g/mol. The number of carbonyl (C=O) groups is 2. The van der Waals surface area contributed by atoms with Gasteiger partial charge in [0.15, 0.2) is 0 Å². The van der Waals surface area contributed by atoms with Crippen LogP contribution in [0, 0.1) is 5.82 Å². The summed E-state index contributed by atoms with van der Waals surface area (Å²) in [5.41, 5.74) is 0.411. The maximum atomic E-state index is 14.7. The molecule has 44 heavy (non-hydrogen) atoms. The summed E-state index contributed by atoms with van der Waals surface area (Å²) in [5.74, 6) is -0.562. The van der Waals surface area contributed by atoms with Crippen molar-refractivity contribution < 1.29 is 27.1 Å². The lowest BCUT2D eigenvalue weighted by Crippen LogP contribution is -2.52. The second-order valence-electron chi connectivity index (χ2n) is 10.3. The molecule has 230 valence electrons. The molecule has 2 atom stereocenters. The molecule has 0 bridgehead atoms. The Labute approximate surface area is 258 Å². The minimum atomic E-state index is -4.23. The summed E-state index contributed by atoms with van der Waals surface area (Å²) in [7, 11) is -4.23. The fourth-order valence-corrected chi connectivity index (χ4v) is 5.85. The number of anilines is 1. The zero-order valence-corrected chi connectivity index (χ0v) is 25.7. The van der Waals surface area contributed by atoms with Crippen molar-refractivity contribution in [3.63, 3.8) is 0 Å². The average Bonchev–Trinajstić information content (AvgIpc) is 3.04. The molecule has 8 nitrogen and oxygen atoms in total. The van der Waals surface area contributed by atoms with Crippen molar-refractivity contribution in [2.45, 2.75) is 50.7 Å². The second kappa shape index (κ2) is 14.7. The summed E-state index contributed by atoms with van der Waals surface area (Å²) in [5, 5.41) is 2.86. The van der Waals surface area contributed by atoms with Gasteiger partial charge in [-0.1, -0.05) is 61.5 Å². The van der Waals surface area contributed by atoms with Gasteiger partial charge in [0.05, 0.1) is 10.6 Å². The van der Waals surface area contributed by atoms with Gasteiger partial charge in [0.2, 0.25) is 11.8 Å². The van der Waals surface area contributed by atoms with Gasteiger partial charge in [-0.3, -0.25) is 13.9 Å². The Balaban J connectivity index is 1.70. The molecule has 4 rings (SSSR count). The van der Waals surface area contributed by atoms with Crippen LogP contribution in [0.25, 0.3) is 0 Å². The third-order valence-corrected chi connectivity index (χ3v) is 8.97. The number of hydrogen-bond donors (Lipinski definition) is 1. The number of halogens is 1. The van der Waals surface area contributed by atoms with E-state index in [1.807, 2.05) is 32.0 Å². The van der Waals surface area contributed by atoms with Crippen molar-refractivity contribution in [3.05, 3.63) is 121 Å². The number of benzene rings is 4. The summed E-state index contributed by atoms with van der Waals surface area (Å²) in [6.07, 6.45) is 0.673. The highest BCUT2D eigenvalue weighted by Gasteiger charge is 2.33. The van der Waals surface area contributed by atoms with Crippen LogP contribution >= 0.6 is 0 Å². The van der Waals surface area contributed by atoms with E-state index in [2.05, 4.69) is 5.32 Å². The Morgan fingerprint density at radius 3 is 2.00 bits per heavy atom. The molecule has 0 aliphatic rings. The topological polar surface area (TPSA) is 96.0 Å². The van der Waals surface area contributed by atoms with Gasteiger partial charge in [-0.2, -0.15) is 0 Å². The predicted molar refractivity (Wildman–Crippen MR) is 168 cm³/mol. The van der Waals surface area contributed by atoms with E-state index in [0.29, 0.717) is 17.9 Å². The summed E-state index contributed by atoms with van der Waals surface area (Å²) < 4.78 is 49.5. The third-order valence-electron chi connectivity index (χ3n) is 7.18. The van der Waals surface area contributed by atoms with E-state index >= 15 is 0 Å². The summed E-state index contributed by atoms with van der Waals surface area (Å²) in [6.45, 7) is 4.44. The van der Waals surface area contributed by atoms with Crippen molar-refractivity contribution in [2.75, 3.05) is 10.8 Å². The first-order chi connectivity index (χ1) is 21.1. The van der Waals surface area contributed by atoms with E-state index in [1.165, 1.54) is 35.2 Å². The van der Waals surface area contributed by atoms with Gasteiger partial charge in [0, 0.05) is 18.2 Å². The molecule has 1 N–H and O–H groups in total. The van der Waals surface area contributed by atoms with Crippen molar-refractivity contribution in [1.29, 1.82) is 0 Å².